The minimum absolute atomic E-state index is 0.0614. The Morgan fingerprint density at radius 2 is 1.65 bits per heavy atom. The van der Waals surface area contributed by atoms with Gasteiger partial charge in [0.25, 0.3) is 5.91 Å². The Hall–Kier alpha value is -3.41. The number of carbonyl (C=O) groups is 2. The summed E-state index contributed by atoms with van der Waals surface area (Å²) in [6.07, 6.45) is 0.194. The van der Waals surface area contributed by atoms with Gasteiger partial charge in [-0.15, -0.1) is 0 Å². The van der Waals surface area contributed by atoms with Gasteiger partial charge in [-0.1, -0.05) is 18.2 Å². The molecular weight excluding hydrogens is 335 g/mol. The smallest absolute Gasteiger partial charge is 0.303 e. The molecule has 0 aliphatic carbocycles. The number of rotatable bonds is 6. The van der Waals surface area contributed by atoms with Gasteiger partial charge in [0.1, 0.15) is 5.82 Å². The van der Waals surface area contributed by atoms with Gasteiger partial charge in [0.05, 0.1) is 12.1 Å². The van der Waals surface area contributed by atoms with E-state index in [1.54, 1.807) is 53.2 Å². The Kier molecular flexibility index (Phi) is 5.12. The van der Waals surface area contributed by atoms with Crippen LogP contribution in [0.3, 0.4) is 0 Å². The van der Waals surface area contributed by atoms with E-state index in [1.165, 1.54) is 12.1 Å². The predicted octanol–water partition coefficient (Wildman–Crippen LogP) is 3.70. The number of aliphatic carboxylic acids is 1. The summed E-state index contributed by atoms with van der Waals surface area (Å²) in [5, 5.41) is 8.94. The first-order valence-electron chi connectivity index (χ1n) is 8.09. The van der Waals surface area contributed by atoms with Gasteiger partial charge in [-0.25, -0.2) is 4.39 Å². The first kappa shape index (κ1) is 17.4. The van der Waals surface area contributed by atoms with Crippen LogP contribution in [0.2, 0.25) is 0 Å². The van der Waals surface area contributed by atoms with Crippen LogP contribution < -0.4 is 5.43 Å². The summed E-state index contributed by atoms with van der Waals surface area (Å²) in [5.74, 6) is -1.59. The lowest BCUT2D eigenvalue weighted by molar-refractivity contribution is -0.136. The highest BCUT2D eigenvalue weighted by Gasteiger charge is 2.15. The molecule has 0 aliphatic rings. The number of amides is 1. The number of hydrogen-bond donors (Lipinski definition) is 2. The van der Waals surface area contributed by atoms with Crippen LogP contribution in [0.15, 0.2) is 66.7 Å². The molecule has 1 amide bonds. The monoisotopic (exact) mass is 352 g/mol. The topological polar surface area (TPSA) is 71.3 Å². The van der Waals surface area contributed by atoms with Crippen molar-refractivity contribution in [1.82, 2.24) is 4.68 Å². The molecule has 3 rings (SSSR count). The van der Waals surface area contributed by atoms with Crippen LogP contribution in [-0.2, 0) is 11.2 Å². The molecule has 1 heterocycles. The lowest BCUT2D eigenvalue weighted by Gasteiger charge is -2.15. The number of hydrogen-bond acceptors (Lipinski definition) is 2. The minimum Gasteiger partial charge on any atom is -0.481 e. The fourth-order valence-corrected chi connectivity index (χ4v) is 2.64. The molecule has 2 N–H and O–H groups in total. The third-order valence-electron chi connectivity index (χ3n) is 3.95. The number of benzene rings is 2. The average molecular weight is 352 g/mol. The third kappa shape index (κ3) is 3.97. The van der Waals surface area contributed by atoms with Crippen molar-refractivity contribution in [3.05, 3.63) is 83.8 Å². The average Bonchev–Trinajstić information content (AvgIpc) is 3.04. The molecule has 0 fully saturated rings. The number of carboxylic acid groups (broad SMARTS) is 1. The fraction of sp³-hybridized carbons (Fsp3) is 0.100. The van der Waals surface area contributed by atoms with Gasteiger partial charge in [0.2, 0.25) is 0 Å². The molecule has 2 aromatic carbocycles. The molecule has 0 saturated carbocycles. The number of carbonyl (C=O) groups excluding carboxylic acids is 1. The second kappa shape index (κ2) is 7.65. The minimum atomic E-state index is -0.921. The van der Waals surface area contributed by atoms with Crippen molar-refractivity contribution >= 4 is 11.9 Å². The number of halogens is 1. The lowest BCUT2D eigenvalue weighted by atomic mass is 10.1. The van der Waals surface area contributed by atoms with E-state index in [4.69, 9.17) is 5.11 Å². The highest BCUT2D eigenvalue weighted by molar-refractivity contribution is 6.00. The van der Waals surface area contributed by atoms with Gasteiger partial charge >= 0.3 is 5.97 Å². The van der Waals surface area contributed by atoms with E-state index in [2.05, 4.69) is 5.43 Å². The molecular formula is C20H17FN2O3. The van der Waals surface area contributed by atoms with Gasteiger partial charge in [-0.2, -0.15) is 0 Å². The molecule has 0 saturated heterocycles. The predicted molar refractivity (Wildman–Crippen MR) is 95.9 cm³/mol. The number of nitrogens with one attached hydrogen (secondary N) is 1. The maximum atomic E-state index is 13.2. The zero-order chi connectivity index (χ0) is 18.5. The van der Waals surface area contributed by atoms with Gasteiger partial charge in [-0.05, 0) is 48.5 Å². The summed E-state index contributed by atoms with van der Waals surface area (Å²) in [5.41, 5.74) is 5.29. The summed E-state index contributed by atoms with van der Waals surface area (Å²) in [6, 6.07) is 18.1. The van der Waals surface area contributed by atoms with Crippen LogP contribution in [0.1, 0.15) is 22.5 Å². The SMILES string of the molecule is O=C(O)CCc1ccc(-c2ccc(F)cc2)n1NC(=O)c1ccccc1. The van der Waals surface area contributed by atoms with Crippen LogP contribution in [0.4, 0.5) is 4.39 Å². The summed E-state index contributed by atoms with van der Waals surface area (Å²) in [7, 11) is 0. The van der Waals surface area contributed by atoms with Gasteiger partial charge < -0.3 is 5.11 Å². The summed E-state index contributed by atoms with van der Waals surface area (Å²) >= 11 is 0. The van der Waals surface area contributed by atoms with E-state index < -0.39 is 5.97 Å². The van der Waals surface area contributed by atoms with Crippen LogP contribution in [-0.4, -0.2) is 21.7 Å². The lowest BCUT2D eigenvalue weighted by Crippen LogP contribution is -2.25. The van der Waals surface area contributed by atoms with Crippen molar-refractivity contribution in [2.24, 2.45) is 0 Å². The van der Waals surface area contributed by atoms with Crippen LogP contribution in [0, 0.1) is 5.82 Å². The molecule has 3 aromatic rings. The highest BCUT2D eigenvalue weighted by atomic mass is 19.1. The standard InChI is InChI=1S/C20H17FN2O3/c21-16-8-6-14(7-9-16)18-12-10-17(11-13-19(24)25)23(18)22-20(26)15-4-2-1-3-5-15/h1-10,12H,11,13H2,(H,22,26)(H,24,25). The number of carboxylic acids is 1. The van der Waals surface area contributed by atoms with Crippen molar-refractivity contribution in [3.63, 3.8) is 0 Å². The Labute approximate surface area is 149 Å². The summed E-state index contributed by atoms with van der Waals surface area (Å²) in [4.78, 5) is 23.4. The second-order valence-corrected chi connectivity index (χ2v) is 5.75. The molecule has 0 atom stereocenters. The quantitative estimate of drug-likeness (QED) is 0.711. The normalized spacial score (nSPS) is 10.5. The van der Waals surface area contributed by atoms with Crippen molar-refractivity contribution < 1.29 is 19.1 Å². The summed E-state index contributed by atoms with van der Waals surface area (Å²) in [6.45, 7) is 0. The van der Waals surface area contributed by atoms with Crippen molar-refractivity contribution in [2.45, 2.75) is 12.8 Å². The first-order valence-corrected chi connectivity index (χ1v) is 8.09. The Balaban J connectivity index is 1.96. The zero-order valence-corrected chi connectivity index (χ0v) is 13.9. The van der Waals surface area contributed by atoms with E-state index in [-0.39, 0.29) is 24.6 Å². The fourth-order valence-electron chi connectivity index (χ4n) is 2.64. The Bertz CT molecular complexity index is 918. The van der Waals surface area contributed by atoms with E-state index in [9.17, 15) is 14.0 Å². The van der Waals surface area contributed by atoms with Crippen LogP contribution in [0.5, 0.6) is 0 Å². The van der Waals surface area contributed by atoms with E-state index in [0.29, 0.717) is 22.5 Å². The van der Waals surface area contributed by atoms with Crippen LogP contribution in [0.25, 0.3) is 11.3 Å². The molecule has 5 nitrogen and oxygen atoms in total. The van der Waals surface area contributed by atoms with Gasteiger partial charge in [0.15, 0.2) is 0 Å². The van der Waals surface area contributed by atoms with Crippen molar-refractivity contribution in [2.75, 3.05) is 5.43 Å². The Morgan fingerprint density at radius 3 is 2.31 bits per heavy atom. The molecule has 0 radical (unpaired) electrons. The Morgan fingerprint density at radius 1 is 0.962 bits per heavy atom. The maximum absolute atomic E-state index is 13.2. The number of aryl methyl sites for hydroxylation is 1. The van der Waals surface area contributed by atoms with Gasteiger partial charge in [0, 0.05) is 23.2 Å². The van der Waals surface area contributed by atoms with E-state index in [0.717, 1.165) is 0 Å². The molecule has 1 aromatic heterocycles. The van der Waals surface area contributed by atoms with Crippen molar-refractivity contribution in [3.8, 4) is 11.3 Å². The molecule has 0 bridgehead atoms. The van der Waals surface area contributed by atoms with Gasteiger partial charge in [-0.3, -0.25) is 19.7 Å². The first-order chi connectivity index (χ1) is 12.5. The highest BCUT2D eigenvalue weighted by Crippen LogP contribution is 2.23. The van der Waals surface area contributed by atoms with E-state index in [1.807, 2.05) is 6.07 Å². The zero-order valence-electron chi connectivity index (χ0n) is 13.9. The molecule has 0 aliphatic heterocycles. The van der Waals surface area contributed by atoms with Crippen molar-refractivity contribution in [1.29, 1.82) is 0 Å². The second-order valence-electron chi connectivity index (χ2n) is 5.75. The molecule has 26 heavy (non-hydrogen) atoms. The van der Waals surface area contributed by atoms with Crippen LogP contribution >= 0.6 is 0 Å². The number of aromatic nitrogens is 1. The summed E-state index contributed by atoms with van der Waals surface area (Å²) < 4.78 is 14.8. The molecule has 0 unspecified atom stereocenters. The largest absolute Gasteiger partial charge is 0.481 e. The third-order valence-corrected chi connectivity index (χ3v) is 3.95. The van der Waals surface area contributed by atoms with E-state index >= 15 is 0 Å². The number of nitrogens with zero attached hydrogens (tertiary/aromatic N) is 1. The maximum Gasteiger partial charge on any atom is 0.303 e. The molecule has 0 spiro atoms. The molecule has 132 valence electrons. The molecule has 6 heteroatoms.